The lowest BCUT2D eigenvalue weighted by Gasteiger charge is -2.19. The Morgan fingerprint density at radius 3 is 2.21 bits per heavy atom. The lowest BCUT2D eigenvalue weighted by Crippen LogP contribution is -2.27. The second-order valence-corrected chi connectivity index (χ2v) is 7.38. The molecule has 0 unspecified atom stereocenters. The van der Waals surface area contributed by atoms with Crippen molar-refractivity contribution in [2.75, 3.05) is 10.6 Å². The number of amides is 2. The number of anilines is 2. The molecule has 2 aromatic carbocycles. The zero-order valence-electron chi connectivity index (χ0n) is 16.1. The van der Waals surface area contributed by atoms with Gasteiger partial charge in [0.25, 0.3) is 5.91 Å². The molecule has 2 amide bonds. The third kappa shape index (κ3) is 4.40. The highest BCUT2D eigenvalue weighted by molar-refractivity contribution is 6.06. The number of nitrogens with one attached hydrogen (secondary N) is 3. The Hall–Kier alpha value is -3.55. The van der Waals surface area contributed by atoms with Crippen LogP contribution in [0.15, 0.2) is 47.3 Å². The van der Waals surface area contributed by atoms with E-state index in [1.54, 1.807) is 70.3 Å². The summed E-state index contributed by atoms with van der Waals surface area (Å²) in [6.07, 6.45) is -0.547. The first kappa shape index (κ1) is 19.2. The number of aromatic amines is 1. The first-order valence-electron chi connectivity index (χ1n) is 8.72. The van der Waals surface area contributed by atoms with E-state index in [4.69, 9.17) is 4.74 Å². The van der Waals surface area contributed by atoms with Crippen LogP contribution in [0.5, 0.6) is 0 Å². The van der Waals surface area contributed by atoms with Crippen molar-refractivity contribution in [3.05, 3.63) is 58.5 Å². The monoisotopic (exact) mass is 382 g/mol. The van der Waals surface area contributed by atoms with Crippen LogP contribution in [0.1, 0.15) is 31.1 Å². The summed E-state index contributed by atoms with van der Waals surface area (Å²) in [5.41, 5.74) is 2.04. The lowest BCUT2D eigenvalue weighted by molar-refractivity contribution is 0.0635. The molecule has 0 atom stereocenters. The van der Waals surface area contributed by atoms with E-state index < -0.39 is 11.7 Å². The molecule has 0 saturated heterocycles. The number of rotatable bonds is 3. The van der Waals surface area contributed by atoms with E-state index in [1.165, 1.54) is 4.57 Å². The summed E-state index contributed by atoms with van der Waals surface area (Å²) < 4.78 is 6.67. The molecular weight excluding hydrogens is 360 g/mol. The SMILES string of the molecule is Cn1c(=O)[nH]c2cc(C(=O)Nc3ccc(NC(=O)OC(C)(C)C)cc3)ccc21. The molecule has 0 saturated carbocycles. The summed E-state index contributed by atoms with van der Waals surface area (Å²) >= 11 is 0. The van der Waals surface area contributed by atoms with Crippen LogP contribution in [0.3, 0.4) is 0 Å². The van der Waals surface area contributed by atoms with E-state index in [-0.39, 0.29) is 11.6 Å². The molecular formula is C20H22N4O4. The molecule has 1 aromatic heterocycles. The van der Waals surface area contributed by atoms with E-state index >= 15 is 0 Å². The van der Waals surface area contributed by atoms with Gasteiger partial charge in [-0.25, -0.2) is 9.59 Å². The molecule has 0 aliphatic rings. The molecule has 0 fully saturated rings. The normalized spacial score (nSPS) is 11.3. The van der Waals surface area contributed by atoms with E-state index in [2.05, 4.69) is 15.6 Å². The van der Waals surface area contributed by atoms with E-state index in [9.17, 15) is 14.4 Å². The van der Waals surface area contributed by atoms with Gasteiger partial charge in [0.2, 0.25) is 0 Å². The number of aryl methyl sites for hydroxylation is 1. The quantitative estimate of drug-likeness (QED) is 0.645. The Balaban J connectivity index is 1.67. The molecule has 1 heterocycles. The summed E-state index contributed by atoms with van der Waals surface area (Å²) in [7, 11) is 1.66. The van der Waals surface area contributed by atoms with Crippen molar-refractivity contribution < 1.29 is 14.3 Å². The second kappa shape index (κ2) is 7.22. The van der Waals surface area contributed by atoms with Crippen LogP contribution in [-0.2, 0) is 11.8 Å². The van der Waals surface area contributed by atoms with Gasteiger partial charge in [-0.2, -0.15) is 0 Å². The van der Waals surface area contributed by atoms with Gasteiger partial charge in [-0.3, -0.25) is 14.7 Å². The highest BCUT2D eigenvalue weighted by Crippen LogP contribution is 2.17. The van der Waals surface area contributed by atoms with Gasteiger partial charge in [0.15, 0.2) is 0 Å². The molecule has 3 rings (SSSR count). The molecule has 0 spiro atoms. The van der Waals surface area contributed by atoms with Gasteiger partial charge in [-0.05, 0) is 63.2 Å². The Labute approximate surface area is 161 Å². The predicted molar refractivity (Wildman–Crippen MR) is 108 cm³/mol. The largest absolute Gasteiger partial charge is 0.444 e. The summed E-state index contributed by atoms with van der Waals surface area (Å²) in [4.78, 5) is 38.6. The molecule has 8 nitrogen and oxygen atoms in total. The maximum atomic E-state index is 12.5. The number of nitrogens with zero attached hydrogens (tertiary/aromatic N) is 1. The fraction of sp³-hybridized carbons (Fsp3) is 0.250. The van der Waals surface area contributed by atoms with E-state index in [0.717, 1.165) is 5.52 Å². The predicted octanol–water partition coefficient (Wildman–Crippen LogP) is 3.47. The average molecular weight is 382 g/mol. The third-order valence-electron chi connectivity index (χ3n) is 3.95. The van der Waals surface area contributed by atoms with Gasteiger partial charge in [-0.1, -0.05) is 0 Å². The van der Waals surface area contributed by atoms with Gasteiger partial charge in [0, 0.05) is 24.0 Å². The molecule has 28 heavy (non-hydrogen) atoms. The van der Waals surface area contributed by atoms with Gasteiger partial charge >= 0.3 is 11.8 Å². The smallest absolute Gasteiger partial charge is 0.412 e. The first-order chi connectivity index (χ1) is 13.1. The fourth-order valence-corrected chi connectivity index (χ4v) is 2.64. The number of carbonyl (C=O) groups excluding carboxylic acids is 2. The van der Waals surface area contributed by atoms with Crippen molar-refractivity contribution in [2.24, 2.45) is 7.05 Å². The summed E-state index contributed by atoms with van der Waals surface area (Å²) in [5, 5.41) is 5.41. The van der Waals surface area contributed by atoms with E-state index in [0.29, 0.717) is 22.5 Å². The Bertz CT molecular complexity index is 1090. The zero-order valence-corrected chi connectivity index (χ0v) is 16.1. The number of carbonyl (C=O) groups is 2. The molecule has 0 bridgehead atoms. The Kier molecular flexibility index (Phi) is 4.96. The Morgan fingerprint density at radius 1 is 1.00 bits per heavy atom. The fourth-order valence-electron chi connectivity index (χ4n) is 2.64. The van der Waals surface area contributed by atoms with Crippen LogP contribution >= 0.6 is 0 Å². The van der Waals surface area contributed by atoms with Crippen LogP contribution in [-0.4, -0.2) is 27.2 Å². The van der Waals surface area contributed by atoms with Crippen LogP contribution in [0.2, 0.25) is 0 Å². The maximum absolute atomic E-state index is 12.5. The zero-order chi connectivity index (χ0) is 20.5. The number of fused-ring (bicyclic) bond motifs is 1. The van der Waals surface area contributed by atoms with Crippen molar-refractivity contribution in [3.63, 3.8) is 0 Å². The first-order valence-corrected chi connectivity index (χ1v) is 8.72. The van der Waals surface area contributed by atoms with Crippen LogP contribution in [0, 0.1) is 0 Å². The minimum Gasteiger partial charge on any atom is -0.444 e. The van der Waals surface area contributed by atoms with Gasteiger partial charge in [0.05, 0.1) is 11.0 Å². The molecule has 8 heteroatoms. The number of ether oxygens (including phenoxy) is 1. The molecule has 0 aliphatic heterocycles. The molecule has 0 radical (unpaired) electrons. The molecule has 3 N–H and O–H groups in total. The number of aromatic nitrogens is 2. The standard InChI is InChI=1S/C20H22N4O4/c1-20(2,3)28-19(27)22-14-8-6-13(7-9-14)21-17(25)12-5-10-16-15(11-12)23-18(26)24(16)4/h5-11H,1-4H3,(H,21,25)(H,22,27)(H,23,26). The van der Waals surface area contributed by atoms with Gasteiger partial charge in [-0.15, -0.1) is 0 Å². The van der Waals surface area contributed by atoms with Crippen molar-refractivity contribution in [1.82, 2.24) is 9.55 Å². The average Bonchev–Trinajstić information content (AvgIpc) is 2.88. The number of hydrogen-bond donors (Lipinski definition) is 3. The second-order valence-electron chi connectivity index (χ2n) is 7.38. The number of hydrogen-bond acceptors (Lipinski definition) is 4. The molecule has 0 aliphatic carbocycles. The van der Waals surface area contributed by atoms with Crippen molar-refractivity contribution in [1.29, 1.82) is 0 Å². The number of benzene rings is 2. The summed E-state index contributed by atoms with van der Waals surface area (Å²) in [6.45, 7) is 5.36. The van der Waals surface area contributed by atoms with Gasteiger partial charge in [0.1, 0.15) is 5.60 Å². The lowest BCUT2D eigenvalue weighted by atomic mass is 10.2. The highest BCUT2D eigenvalue weighted by atomic mass is 16.6. The van der Waals surface area contributed by atoms with E-state index in [1.807, 2.05) is 0 Å². The van der Waals surface area contributed by atoms with Gasteiger partial charge < -0.3 is 15.0 Å². The molecule has 146 valence electrons. The number of imidazole rings is 1. The van der Waals surface area contributed by atoms with Crippen molar-refractivity contribution in [2.45, 2.75) is 26.4 Å². The van der Waals surface area contributed by atoms with Crippen molar-refractivity contribution >= 4 is 34.4 Å². The molecule has 3 aromatic rings. The minimum atomic E-state index is -0.581. The summed E-state index contributed by atoms with van der Waals surface area (Å²) in [6, 6.07) is 11.7. The Morgan fingerprint density at radius 2 is 1.61 bits per heavy atom. The van der Waals surface area contributed by atoms with Crippen LogP contribution < -0.4 is 16.3 Å². The van der Waals surface area contributed by atoms with Crippen LogP contribution in [0.25, 0.3) is 11.0 Å². The highest BCUT2D eigenvalue weighted by Gasteiger charge is 2.16. The minimum absolute atomic E-state index is 0.236. The topological polar surface area (TPSA) is 105 Å². The third-order valence-corrected chi connectivity index (χ3v) is 3.95. The van der Waals surface area contributed by atoms with Crippen LogP contribution in [0.4, 0.5) is 16.2 Å². The maximum Gasteiger partial charge on any atom is 0.412 e. The summed E-state index contributed by atoms with van der Waals surface area (Å²) in [5.74, 6) is -0.306. The van der Waals surface area contributed by atoms with Crippen molar-refractivity contribution in [3.8, 4) is 0 Å². The number of H-pyrrole nitrogens is 1.